The maximum Gasteiger partial charge on any atom is 0.0202 e. The Morgan fingerprint density at radius 1 is 0.423 bits per heavy atom. The number of hydrogen-bond donors (Lipinski definition) is 0. The molecule has 489 valence electrons. The second-order valence-electron chi connectivity index (χ2n) is 29.4. The Morgan fingerprint density at radius 2 is 0.990 bits per heavy atom. The van der Waals surface area contributed by atoms with E-state index in [1.807, 2.05) is 6.20 Å². The monoisotopic (exact) mass is 1790 g/mol. The number of nitrogens with zero attached hydrogens (tertiary/aromatic N) is 3. The van der Waals surface area contributed by atoms with Crippen LogP contribution in [0, 0.1) is 18.2 Å². The van der Waals surface area contributed by atoms with Gasteiger partial charge in [-0.05, 0) is 202 Å². The van der Waals surface area contributed by atoms with E-state index >= 15 is 0 Å². The number of pyridine rings is 3. The Hall–Kier alpha value is -7.62. The molecule has 6 aliphatic carbocycles. The number of aryl methyl sites for hydroxylation is 6. The Balaban J connectivity index is 0.000000130. The first-order chi connectivity index (χ1) is 45.5. The molecule has 12 aromatic rings. The van der Waals surface area contributed by atoms with Gasteiger partial charge in [0, 0.05) is 90.7 Å². The van der Waals surface area contributed by atoms with Crippen LogP contribution in [0.5, 0.6) is 0 Å². The maximum absolute atomic E-state index is 5.04. The van der Waals surface area contributed by atoms with Crippen molar-refractivity contribution >= 4 is 37.9 Å². The van der Waals surface area contributed by atoms with E-state index in [0.29, 0.717) is 0 Å². The van der Waals surface area contributed by atoms with Crippen molar-refractivity contribution in [2.45, 2.75) is 141 Å². The molecule has 0 saturated carbocycles. The van der Waals surface area contributed by atoms with Crippen LogP contribution in [0.25, 0.3) is 82.7 Å². The van der Waals surface area contributed by atoms with Gasteiger partial charge < -0.3 is 15.0 Å². The third-order valence-corrected chi connectivity index (χ3v) is 22.2. The van der Waals surface area contributed by atoms with Crippen LogP contribution in [0.3, 0.4) is 0 Å². The van der Waals surface area contributed by atoms with Crippen LogP contribution in [-0.2, 0) is 127 Å². The number of hydrogen-bond acceptors (Lipinski definition) is 3. The third kappa shape index (κ3) is 11.8. The van der Waals surface area contributed by atoms with Crippen molar-refractivity contribution in [3.63, 3.8) is 0 Å². The first-order valence-corrected chi connectivity index (χ1v) is 34.2. The van der Waals surface area contributed by atoms with Crippen LogP contribution >= 0.6 is 0 Å². The quantitative estimate of drug-likeness (QED) is 0.127. The minimum Gasteiger partial charge on any atom is -0.304 e. The molecule has 6 aliphatic rings. The van der Waals surface area contributed by atoms with Crippen molar-refractivity contribution in [1.29, 1.82) is 0 Å². The van der Waals surface area contributed by atoms with Crippen molar-refractivity contribution in [1.82, 2.24) is 15.0 Å². The number of allylic oxidation sites excluding steroid dienone is 5. The topological polar surface area (TPSA) is 38.7 Å². The number of rotatable bonds is 5. The minimum atomic E-state index is -0.0867. The Bertz CT molecular complexity index is 5180. The molecule has 3 heterocycles. The fraction of sp³-hybridized carbons (Fsp3) is 0.242. The molecule has 0 aliphatic heterocycles. The third-order valence-electron chi connectivity index (χ3n) is 22.2. The zero-order chi connectivity index (χ0) is 64.3. The molecular weight excluding hydrogens is 1710 g/mol. The molecule has 6 heteroatoms. The molecule has 0 spiro atoms. The van der Waals surface area contributed by atoms with Gasteiger partial charge in [-0.3, -0.25) is 0 Å². The summed E-state index contributed by atoms with van der Waals surface area (Å²) < 4.78 is 0. The zero-order valence-corrected chi connectivity index (χ0v) is 63.9. The largest absolute Gasteiger partial charge is 0.304 e. The van der Waals surface area contributed by atoms with Gasteiger partial charge in [-0.1, -0.05) is 212 Å². The summed E-state index contributed by atoms with van der Waals surface area (Å²) in [6.45, 7) is 22.9. The standard InChI is InChI=1S/C34H28N.C30H30N.C27H22N.3Ir/c1-33(2)27-14-7-8-15-28(27)34(3,4)30-19-22(16-17-29(30)33)32-26-13-9-12-25-24-11-6-5-10-21(24)18-23(20-35-32)31(25)26;1-20(28-24-13-9-11-21-10-8-12-22(19-31-28)27(21)24)16-17-23-18-29(2,3)25-14-6-7-15-26(25)30(23,4)5;1-2-7-20-17-26-22(15-19(20)6-1)13-14-28-27(26)23-11-12-25-21(16-23)10-9-18-5-3-4-8-24(18)25;;;/h5-15,17,19-20H,18H2,1-4H3;6-7,9,11,13-15,17-19H,1,8,10,12H2,2-5H3;3-5,8,12-17H,1-2,6-7,9-10H2;;;/q3*-1;;;. The van der Waals surface area contributed by atoms with Gasteiger partial charge in [-0.25, -0.2) is 0 Å². The molecule has 3 radical (unpaired) electrons. The molecule has 97 heavy (non-hydrogen) atoms. The zero-order valence-electron chi connectivity index (χ0n) is 56.7. The van der Waals surface area contributed by atoms with Crippen molar-refractivity contribution in [3.05, 3.63) is 321 Å². The molecule has 0 atom stereocenters. The van der Waals surface area contributed by atoms with Crippen molar-refractivity contribution in [2.24, 2.45) is 0 Å². The second-order valence-corrected chi connectivity index (χ2v) is 29.4. The maximum atomic E-state index is 5.04. The van der Waals surface area contributed by atoms with Crippen LogP contribution in [0.15, 0.2) is 219 Å². The van der Waals surface area contributed by atoms with Crippen molar-refractivity contribution in [3.8, 4) is 44.8 Å². The molecule has 3 aromatic heterocycles. The van der Waals surface area contributed by atoms with Crippen LogP contribution < -0.4 is 0 Å². The Morgan fingerprint density at radius 3 is 1.75 bits per heavy atom. The molecule has 0 fully saturated rings. The molecule has 0 unspecified atom stereocenters. The summed E-state index contributed by atoms with van der Waals surface area (Å²) in [7, 11) is 0. The summed E-state index contributed by atoms with van der Waals surface area (Å²) in [6, 6.07) is 71.8. The summed E-state index contributed by atoms with van der Waals surface area (Å²) >= 11 is 0. The van der Waals surface area contributed by atoms with Gasteiger partial charge in [-0.15, -0.1) is 93.6 Å². The first kappa shape index (κ1) is 67.9. The van der Waals surface area contributed by atoms with Crippen molar-refractivity contribution in [2.75, 3.05) is 0 Å². The van der Waals surface area contributed by atoms with Crippen LogP contribution in [0.1, 0.15) is 158 Å². The normalized spacial score (nSPS) is 16.2. The summed E-state index contributed by atoms with van der Waals surface area (Å²) in [5, 5.41) is 7.74. The van der Waals surface area contributed by atoms with Crippen LogP contribution in [-0.4, -0.2) is 15.0 Å². The van der Waals surface area contributed by atoms with E-state index in [-0.39, 0.29) is 82.0 Å². The van der Waals surface area contributed by atoms with Gasteiger partial charge in [0.25, 0.3) is 0 Å². The second kappa shape index (κ2) is 26.6. The van der Waals surface area contributed by atoms with E-state index in [9.17, 15) is 0 Å². The average Bonchev–Trinajstić information content (AvgIpc) is 0.720. The molecule has 0 N–H and O–H groups in total. The summed E-state index contributed by atoms with van der Waals surface area (Å²) in [5.41, 5.74) is 32.3. The van der Waals surface area contributed by atoms with Gasteiger partial charge in [0.05, 0.1) is 0 Å². The molecule has 0 amide bonds. The van der Waals surface area contributed by atoms with Crippen molar-refractivity contribution < 1.29 is 60.3 Å². The fourth-order valence-corrected chi connectivity index (χ4v) is 17.0. The molecule has 0 bridgehead atoms. The van der Waals surface area contributed by atoms with Crippen LogP contribution in [0.4, 0.5) is 0 Å². The van der Waals surface area contributed by atoms with Gasteiger partial charge in [0.2, 0.25) is 0 Å². The Labute approximate surface area is 614 Å². The van der Waals surface area contributed by atoms with E-state index in [0.717, 1.165) is 65.9 Å². The molecule has 9 aromatic carbocycles. The first-order valence-electron chi connectivity index (χ1n) is 34.2. The Kier molecular flexibility index (Phi) is 18.6. The van der Waals surface area contributed by atoms with E-state index in [1.165, 1.54) is 170 Å². The number of fused-ring (bicyclic) bond motifs is 10. The predicted octanol–water partition coefficient (Wildman–Crippen LogP) is 21.9. The van der Waals surface area contributed by atoms with Gasteiger partial charge in [0.1, 0.15) is 0 Å². The minimum absolute atomic E-state index is 0. The van der Waals surface area contributed by atoms with Gasteiger partial charge in [-0.2, -0.15) is 6.58 Å². The SMILES string of the molecule is C=C([C-]=CC1=CC(C)(C)c2ccccc2C1(C)C)c1ncc2c3c(cccc13)CCC2.CC1(C)c2c[c-]c(-c3ncc4c5c(cccc35)-c3ccccc3C4)cc2C(C)(C)c2ccccc21.[Ir].[Ir].[Ir].[c-]1cc2c(cc1-c1nccc3cc4c(cc13)CCCC4)CCc1ccccc1-2. The smallest absolute Gasteiger partial charge is 0.0202 e. The van der Waals surface area contributed by atoms with E-state index in [2.05, 4.69) is 281 Å². The van der Waals surface area contributed by atoms with Gasteiger partial charge in [0.15, 0.2) is 0 Å². The van der Waals surface area contributed by atoms with E-state index < -0.39 is 0 Å². The fourth-order valence-electron chi connectivity index (χ4n) is 17.0. The summed E-state index contributed by atoms with van der Waals surface area (Å²) in [5.74, 6) is 0. The summed E-state index contributed by atoms with van der Waals surface area (Å²) in [4.78, 5) is 14.6. The van der Waals surface area contributed by atoms with E-state index in [4.69, 9.17) is 15.0 Å². The molecule has 0 saturated heterocycles. The molecule has 18 rings (SSSR count). The summed E-state index contributed by atoms with van der Waals surface area (Å²) in [6.07, 6.45) is 25.8. The van der Waals surface area contributed by atoms with E-state index in [1.54, 1.807) is 0 Å². The van der Waals surface area contributed by atoms with Crippen LogP contribution in [0.2, 0.25) is 0 Å². The molecular formula is C91H80Ir3N3-3. The number of aromatic nitrogens is 3. The molecule has 3 nitrogen and oxygen atoms in total. The average molecular weight is 1790 g/mol. The number of benzene rings is 9. The van der Waals surface area contributed by atoms with Gasteiger partial charge >= 0.3 is 0 Å². The predicted molar refractivity (Wildman–Crippen MR) is 392 cm³/mol.